The minimum atomic E-state index is -0.0565. The van der Waals surface area contributed by atoms with E-state index in [1.165, 1.54) is 0 Å². The molecule has 0 radical (unpaired) electrons. The number of hydrogen-bond acceptors (Lipinski definition) is 4. The molecule has 5 heteroatoms. The molecule has 1 aliphatic heterocycles. The Balaban J connectivity index is 1.84. The van der Waals surface area contributed by atoms with Crippen LogP contribution in [0.2, 0.25) is 0 Å². The van der Waals surface area contributed by atoms with Crippen LogP contribution in [0.5, 0.6) is 0 Å². The van der Waals surface area contributed by atoms with Gasteiger partial charge in [0.25, 0.3) is 5.56 Å². The summed E-state index contributed by atoms with van der Waals surface area (Å²) in [7, 11) is 0. The quantitative estimate of drug-likeness (QED) is 0.724. The summed E-state index contributed by atoms with van der Waals surface area (Å²) in [5.41, 5.74) is -0.0410. The van der Waals surface area contributed by atoms with Gasteiger partial charge in [-0.3, -0.25) is 4.79 Å². The van der Waals surface area contributed by atoms with Crippen LogP contribution in [0.3, 0.4) is 0 Å². The maximum Gasteiger partial charge on any atom is 0.252 e. The highest BCUT2D eigenvalue weighted by atomic mass is 16.1. The Morgan fingerprint density at radius 1 is 1.53 bits per heavy atom. The van der Waals surface area contributed by atoms with E-state index in [1.807, 2.05) is 0 Å². The van der Waals surface area contributed by atoms with Crippen LogP contribution in [-0.2, 0) is 0 Å². The molecule has 1 saturated carbocycles. The van der Waals surface area contributed by atoms with Crippen LogP contribution in [0.1, 0.15) is 37.9 Å². The highest BCUT2D eigenvalue weighted by Gasteiger charge is 2.30. The summed E-state index contributed by atoms with van der Waals surface area (Å²) in [5.74, 6) is 2.02. The lowest BCUT2D eigenvalue weighted by atomic mass is 10.0. The molecule has 0 aromatic carbocycles. The second-order valence-corrected chi connectivity index (χ2v) is 5.40. The molecule has 1 unspecified atom stereocenters. The zero-order valence-corrected chi connectivity index (χ0v) is 10.0. The van der Waals surface area contributed by atoms with Gasteiger partial charge < -0.3 is 15.6 Å². The molecular formula is C12H18N4O. The Kier molecular flexibility index (Phi) is 2.43. The molecule has 1 atom stereocenters. The topological polar surface area (TPSA) is 69.8 Å². The van der Waals surface area contributed by atoms with Gasteiger partial charge in [0, 0.05) is 24.1 Å². The second kappa shape index (κ2) is 3.84. The van der Waals surface area contributed by atoms with Gasteiger partial charge in [-0.1, -0.05) is 0 Å². The third-order valence-corrected chi connectivity index (χ3v) is 3.52. The molecule has 17 heavy (non-hydrogen) atoms. The molecule has 1 aromatic heterocycles. The highest BCUT2D eigenvalue weighted by Crippen LogP contribution is 2.37. The third kappa shape index (κ3) is 2.34. The molecule has 2 heterocycles. The minimum Gasteiger partial charge on any atom is -0.363 e. The Bertz CT molecular complexity index is 472. The first-order chi connectivity index (χ1) is 8.15. The molecule has 1 aromatic rings. The lowest BCUT2D eigenvalue weighted by molar-refractivity contribution is 0.563. The van der Waals surface area contributed by atoms with E-state index in [0.29, 0.717) is 11.7 Å². The molecule has 0 amide bonds. The summed E-state index contributed by atoms with van der Waals surface area (Å²) < 4.78 is 0. The van der Waals surface area contributed by atoms with Crippen molar-refractivity contribution in [2.45, 2.75) is 37.6 Å². The van der Waals surface area contributed by atoms with Gasteiger partial charge in [-0.25, -0.2) is 4.98 Å². The first kappa shape index (κ1) is 10.8. The van der Waals surface area contributed by atoms with Crippen molar-refractivity contribution in [2.24, 2.45) is 0 Å². The Labute approximate surface area is 100 Å². The van der Waals surface area contributed by atoms with Crippen LogP contribution < -0.4 is 16.2 Å². The molecule has 5 nitrogen and oxygen atoms in total. The number of nitrogens with one attached hydrogen (secondary N) is 3. The first-order valence-electron chi connectivity index (χ1n) is 6.25. The summed E-state index contributed by atoms with van der Waals surface area (Å²) in [6.07, 6.45) is 3.34. The number of anilines is 1. The normalized spacial score (nSPS) is 28.3. The van der Waals surface area contributed by atoms with Gasteiger partial charge in [-0.2, -0.15) is 0 Å². The summed E-state index contributed by atoms with van der Waals surface area (Å²) in [6.45, 7) is 4.09. The predicted octanol–water partition coefficient (Wildman–Crippen LogP) is 0.811. The van der Waals surface area contributed by atoms with E-state index < -0.39 is 0 Å². The van der Waals surface area contributed by atoms with E-state index in [0.717, 1.165) is 38.2 Å². The van der Waals surface area contributed by atoms with Gasteiger partial charge in [-0.05, 0) is 32.7 Å². The third-order valence-electron chi connectivity index (χ3n) is 3.52. The Hall–Kier alpha value is -1.36. The van der Waals surface area contributed by atoms with E-state index in [1.54, 1.807) is 6.07 Å². The number of nitrogens with zero attached hydrogens (tertiary/aromatic N) is 1. The van der Waals surface area contributed by atoms with Gasteiger partial charge >= 0.3 is 0 Å². The van der Waals surface area contributed by atoms with Crippen molar-refractivity contribution in [1.29, 1.82) is 0 Å². The summed E-state index contributed by atoms with van der Waals surface area (Å²) in [4.78, 5) is 18.9. The zero-order chi connectivity index (χ0) is 11.9. The number of H-pyrrole nitrogens is 1. The fourth-order valence-electron chi connectivity index (χ4n) is 2.32. The van der Waals surface area contributed by atoms with E-state index in [9.17, 15) is 4.79 Å². The highest BCUT2D eigenvalue weighted by molar-refractivity contribution is 5.38. The number of aromatic nitrogens is 2. The maximum atomic E-state index is 11.6. The second-order valence-electron chi connectivity index (χ2n) is 5.40. The maximum absolute atomic E-state index is 11.6. The average molecular weight is 234 g/mol. The molecular weight excluding hydrogens is 216 g/mol. The van der Waals surface area contributed by atoms with E-state index >= 15 is 0 Å². The molecule has 0 spiro atoms. The van der Waals surface area contributed by atoms with Crippen LogP contribution in [-0.4, -0.2) is 28.6 Å². The van der Waals surface area contributed by atoms with Gasteiger partial charge in [-0.15, -0.1) is 0 Å². The smallest absolute Gasteiger partial charge is 0.252 e. The number of aromatic amines is 1. The molecule has 0 bridgehead atoms. The van der Waals surface area contributed by atoms with Crippen molar-refractivity contribution in [3.63, 3.8) is 0 Å². The standard InChI is InChI=1S/C12H18N4O/c1-12(4-5-13-7-12)16-9-6-10(17)15-11(14-9)8-2-3-8/h6,8,13H,2-5,7H2,1H3,(H2,14,15,16,17). The van der Waals surface area contributed by atoms with Crippen molar-refractivity contribution in [2.75, 3.05) is 18.4 Å². The van der Waals surface area contributed by atoms with Gasteiger partial charge in [0.15, 0.2) is 0 Å². The predicted molar refractivity (Wildman–Crippen MR) is 66.3 cm³/mol. The van der Waals surface area contributed by atoms with Crippen LogP contribution in [0.25, 0.3) is 0 Å². The van der Waals surface area contributed by atoms with Gasteiger partial charge in [0.2, 0.25) is 0 Å². The first-order valence-corrected chi connectivity index (χ1v) is 6.25. The summed E-state index contributed by atoms with van der Waals surface area (Å²) >= 11 is 0. The van der Waals surface area contributed by atoms with Crippen LogP contribution in [0.4, 0.5) is 5.82 Å². The SMILES string of the molecule is CC1(Nc2cc(=O)[nH]c(C3CC3)n2)CCNC1. The monoisotopic (exact) mass is 234 g/mol. The number of hydrogen-bond donors (Lipinski definition) is 3. The van der Waals surface area contributed by atoms with Crippen LogP contribution >= 0.6 is 0 Å². The van der Waals surface area contributed by atoms with E-state index in [2.05, 4.69) is 27.5 Å². The van der Waals surface area contributed by atoms with Gasteiger partial charge in [0.1, 0.15) is 11.6 Å². The summed E-state index contributed by atoms with van der Waals surface area (Å²) in [6, 6.07) is 1.55. The van der Waals surface area contributed by atoms with E-state index in [-0.39, 0.29) is 11.1 Å². The lowest BCUT2D eigenvalue weighted by Gasteiger charge is -2.25. The molecule has 1 saturated heterocycles. The molecule has 2 aliphatic rings. The molecule has 2 fully saturated rings. The van der Waals surface area contributed by atoms with Crippen molar-refractivity contribution < 1.29 is 0 Å². The largest absolute Gasteiger partial charge is 0.363 e. The molecule has 92 valence electrons. The van der Waals surface area contributed by atoms with Crippen LogP contribution in [0, 0.1) is 0 Å². The van der Waals surface area contributed by atoms with Crippen molar-refractivity contribution in [1.82, 2.24) is 15.3 Å². The fourth-order valence-corrected chi connectivity index (χ4v) is 2.32. The lowest BCUT2D eigenvalue weighted by Crippen LogP contribution is -2.37. The van der Waals surface area contributed by atoms with Crippen molar-refractivity contribution in [3.8, 4) is 0 Å². The van der Waals surface area contributed by atoms with Crippen molar-refractivity contribution in [3.05, 3.63) is 22.2 Å². The summed E-state index contributed by atoms with van der Waals surface area (Å²) in [5, 5.41) is 6.71. The van der Waals surface area contributed by atoms with E-state index in [4.69, 9.17) is 0 Å². The molecule has 1 aliphatic carbocycles. The Morgan fingerprint density at radius 3 is 3.00 bits per heavy atom. The van der Waals surface area contributed by atoms with Crippen LogP contribution in [0.15, 0.2) is 10.9 Å². The molecule has 3 rings (SSSR count). The minimum absolute atomic E-state index is 0.0155. The number of rotatable bonds is 3. The zero-order valence-electron chi connectivity index (χ0n) is 10.0. The molecule has 3 N–H and O–H groups in total. The van der Waals surface area contributed by atoms with Gasteiger partial charge in [0.05, 0.1) is 0 Å². The van der Waals surface area contributed by atoms with Crippen molar-refractivity contribution >= 4 is 5.82 Å². The fraction of sp³-hybridized carbons (Fsp3) is 0.667. The average Bonchev–Trinajstić information content (AvgIpc) is 3.02. The Morgan fingerprint density at radius 2 is 2.35 bits per heavy atom.